The van der Waals surface area contributed by atoms with E-state index in [1.54, 1.807) is 25.7 Å². The molecule has 140 valence electrons. The van der Waals surface area contributed by atoms with Crippen molar-refractivity contribution < 1.29 is 27.4 Å². The van der Waals surface area contributed by atoms with Crippen LogP contribution in [-0.4, -0.2) is 41.8 Å². The number of carbonyl (C=O) groups excluding carboxylic acids is 1. The molecule has 1 amide bonds. The predicted molar refractivity (Wildman–Crippen MR) is 85.4 cm³/mol. The first-order chi connectivity index (χ1) is 11.5. The maximum atomic E-state index is 12.9. The van der Waals surface area contributed by atoms with Crippen LogP contribution in [0.3, 0.4) is 0 Å². The molecule has 0 saturated carbocycles. The largest absolute Gasteiger partial charge is 0.481 e. The number of ether oxygens (including phenoxy) is 2. The smallest absolute Gasteiger partial charge is 0.433 e. The lowest BCUT2D eigenvalue weighted by molar-refractivity contribution is -0.141. The van der Waals surface area contributed by atoms with Crippen LogP contribution in [-0.2, 0) is 17.3 Å². The highest BCUT2D eigenvalue weighted by Gasteiger charge is 2.34. The summed E-state index contributed by atoms with van der Waals surface area (Å²) in [6.45, 7) is 6.37. The van der Waals surface area contributed by atoms with Gasteiger partial charge in [0, 0.05) is 19.2 Å². The molecule has 1 fully saturated rings. The van der Waals surface area contributed by atoms with Crippen LogP contribution in [0.5, 0.6) is 5.88 Å². The quantitative estimate of drug-likeness (QED) is 0.820. The summed E-state index contributed by atoms with van der Waals surface area (Å²) in [6.07, 6.45) is -3.79. The van der Waals surface area contributed by atoms with E-state index in [0.29, 0.717) is 31.5 Å². The lowest BCUT2D eigenvalue weighted by Crippen LogP contribution is -2.35. The number of hydrogen-bond acceptors (Lipinski definition) is 4. The van der Waals surface area contributed by atoms with Gasteiger partial charge < -0.3 is 14.4 Å². The van der Waals surface area contributed by atoms with E-state index in [-0.39, 0.29) is 11.8 Å². The van der Waals surface area contributed by atoms with E-state index in [0.717, 1.165) is 6.07 Å². The van der Waals surface area contributed by atoms with Gasteiger partial charge in [-0.2, -0.15) is 13.2 Å². The van der Waals surface area contributed by atoms with Crippen LogP contribution in [0.25, 0.3) is 0 Å². The Morgan fingerprint density at radius 2 is 2.00 bits per heavy atom. The Hall–Kier alpha value is -1.99. The van der Waals surface area contributed by atoms with E-state index in [4.69, 9.17) is 9.47 Å². The Morgan fingerprint density at radius 3 is 2.56 bits per heavy atom. The van der Waals surface area contributed by atoms with E-state index in [1.165, 1.54) is 13.2 Å². The van der Waals surface area contributed by atoms with Gasteiger partial charge in [-0.15, -0.1) is 0 Å². The van der Waals surface area contributed by atoms with Crippen LogP contribution in [0.1, 0.15) is 38.4 Å². The number of aromatic nitrogens is 1. The number of alkyl halides is 3. The molecule has 2 heterocycles. The van der Waals surface area contributed by atoms with Crippen LogP contribution < -0.4 is 4.74 Å². The zero-order chi connectivity index (χ0) is 18.8. The van der Waals surface area contributed by atoms with Crippen molar-refractivity contribution in [2.75, 3.05) is 20.2 Å². The van der Waals surface area contributed by atoms with Crippen LogP contribution in [0.15, 0.2) is 12.1 Å². The van der Waals surface area contributed by atoms with Crippen molar-refractivity contribution in [2.24, 2.45) is 5.92 Å². The molecule has 1 aromatic rings. The van der Waals surface area contributed by atoms with Gasteiger partial charge in [-0.05, 0) is 51.2 Å². The van der Waals surface area contributed by atoms with E-state index in [9.17, 15) is 18.0 Å². The highest BCUT2D eigenvalue weighted by Crippen LogP contribution is 2.31. The van der Waals surface area contributed by atoms with Crippen LogP contribution >= 0.6 is 0 Å². The second kappa shape index (κ2) is 7.09. The Labute approximate surface area is 145 Å². The molecule has 0 radical (unpaired) electrons. The second-order valence-corrected chi connectivity index (χ2v) is 7.19. The fourth-order valence-corrected chi connectivity index (χ4v) is 2.75. The van der Waals surface area contributed by atoms with Gasteiger partial charge in [0.25, 0.3) is 0 Å². The maximum absolute atomic E-state index is 12.9. The van der Waals surface area contributed by atoms with Gasteiger partial charge in [-0.1, -0.05) is 0 Å². The van der Waals surface area contributed by atoms with E-state index >= 15 is 0 Å². The van der Waals surface area contributed by atoms with E-state index in [1.807, 2.05) is 0 Å². The van der Waals surface area contributed by atoms with Crippen molar-refractivity contribution in [1.82, 2.24) is 9.88 Å². The number of nitrogens with zero attached hydrogens (tertiary/aromatic N) is 2. The predicted octanol–water partition coefficient (Wildman–Crippen LogP) is 3.91. The summed E-state index contributed by atoms with van der Waals surface area (Å²) in [5.74, 6) is 0.00697. The third-order valence-corrected chi connectivity index (χ3v) is 3.82. The lowest BCUT2D eigenvalue weighted by Gasteiger charge is -2.24. The first-order valence-electron chi connectivity index (χ1n) is 8.08. The van der Waals surface area contributed by atoms with E-state index in [2.05, 4.69) is 4.98 Å². The summed E-state index contributed by atoms with van der Waals surface area (Å²) < 4.78 is 49.0. The molecule has 0 unspecified atom stereocenters. The molecule has 0 spiro atoms. The molecular weight excluding hydrogens is 337 g/mol. The molecule has 0 aromatic carbocycles. The zero-order valence-corrected chi connectivity index (χ0v) is 14.8. The first-order valence-corrected chi connectivity index (χ1v) is 8.08. The van der Waals surface area contributed by atoms with Gasteiger partial charge in [0.2, 0.25) is 5.88 Å². The average molecular weight is 360 g/mol. The molecular formula is C17H23F3N2O3. The number of halogens is 3. The van der Waals surface area contributed by atoms with Crippen molar-refractivity contribution in [2.45, 2.75) is 45.4 Å². The van der Waals surface area contributed by atoms with Crippen LogP contribution in [0.2, 0.25) is 0 Å². The summed E-state index contributed by atoms with van der Waals surface area (Å²) in [5.41, 5.74) is -1.05. The van der Waals surface area contributed by atoms with E-state index < -0.39 is 23.6 Å². The normalized spacial score (nSPS) is 18.4. The van der Waals surface area contributed by atoms with Crippen molar-refractivity contribution in [3.8, 4) is 5.88 Å². The summed E-state index contributed by atoms with van der Waals surface area (Å²) in [5, 5.41) is 0. The number of amides is 1. The zero-order valence-electron chi connectivity index (χ0n) is 14.8. The molecule has 1 aliphatic rings. The summed E-state index contributed by atoms with van der Waals surface area (Å²) >= 11 is 0. The molecule has 1 aromatic heterocycles. The minimum atomic E-state index is -4.53. The lowest BCUT2D eigenvalue weighted by atomic mass is 9.99. The number of rotatable bonds is 3. The monoisotopic (exact) mass is 360 g/mol. The standard InChI is InChI=1S/C17H23F3N2O3/c1-16(2,3)25-15(23)22-6-5-11(10-22)7-12-8-13(17(18,19)20)21-14(9-12)24-4/h8-9,11H,5-7,10H2,1-4H3/t11-/m1/s1. The molecule has 1 atom stereocenters. The molecule has 0 bridgehead atoms. The molecule has 0 aliphatic carbocycles. The summed E-state index contributed by atoms with van der Waals surface area (Å²) in [4.78, 5) is 17.1. The fraction of sp³-hybridized carbons (Fsp3) is 0.647. The van der Waals surface area contributed by atoms with Crippen molar-refractivity contribution in [3.63, 3.8) is 0 Å². The molecule has 1 saturated heterocycles. The highest BCUT2D eigenvalue weighted by atomic mass is 19.4. The minimum Gasteiger partial charge on any atom is -0.481 e. The van der Waals surface area contributed by atoms with Crippen LogP contribution in [0, 0.1) is 5.92 Å². The molecule has 1 aliphatic heterocycles. The number of carbonyl (C=O) groups is 1. The van der Waals surface area contributed by atoms with Gasteiger partial charge in [0.15, 0.2) is 0 Å². The van der Waals surface area contributed by atoms with Gasteiger partial charge in [-0.3, -0.25) is 0 Å². The number of methoxy groups -OCH3 is 1. The molecule has 25 heavy (non-hydrogen) atoms. The Morgan fingerprint density at radius 1 is 1.32 bits per heavy atom. The molecule has 8 heteroatoms. The van der Waals surface area contributed by atoms with Crippen molar-refractivity contribution in [3.05, 3.63) is 23.4 Å². The maximum Gasteiger partial charge on any atom is 0.433 e. The first kappa shape index (κ1) is 19.3. The molecule has 2 rings (SSSR count). The van der Waals surface area contributed by atoms with Gasteiger partial charge in [0.05, 0.1) is 7.11 Å². The Kier molecular flexibility index (Phi) is 5.49. The number of pyridine rings is 1. The number of hydrogen-bond donors (Lipinski definition) is 0. The van der Waals surface area contributed by atoms with Gasteiger partial charge >= 0.3 is 12.3 Å². The third kappa shape index (κ3) is 5.51. The third-order valence-electron chi connectivity index (χ3n) is 3.82. The Bertz CT molecular complexity index is 627. The van der Waals surface area contributed by atoms with Gasteiger partial charge in [-0.25, -0.2) is 9.78 Å². The fourth-order valence-electron chi connectivity index (χ4n) is 2.75. The Balaban J connectivity index is 2.05. The second-order valence-electron chi connectivity index (χ2n) is 7.19. The minimum absolute atomic E-state index is 0.0631. The van der Waals surface area contributed by atoms with Gasteiger partial charge in [0.1, 0.15) is 11.3 Å². The van der Waals surface area contributed by atoms with Crippen molar-refractivity contribution in [1.29, 1.82) is 0 Å². The number of likely N-dealkylation sites (tertiary alicyclic amines) is 1. The topological polar surface area (TPSA) is 51.7 Å². The summed E-state index contributed by atoms with van der Waals surface area (Å²) in [6, 6.07) is 2.55. The summed E-state index contributed by atoms with van der Waals surface area (Å²) in [7, 11) is 1.28. The van der Waals surface area contributed by atoms with Crippen molar-refractivity contribution >= 4 is 6.09 Å². The molecule has 5 nitrogen and oxygen atoms in total. The SMILES string of the molecule is COc1cc(C[C@H]2CCN(C(=O)OC(C)(C)C)C2)cc(C(F)(F)F)n1. The molecule has 0 N–H and O–H groups in total. The average Bonchev–Trinajstić information content (AvgIpc) is 2.93. The highest BCUT2D eigenvalue weighted by molar-refractivity contribution is 5.68. The van der Waals surface area contributed by atoms with Crippen LogP contribution in [0.4, 0.5) is 18.0 Å².